The Hall–Kier alpha value is -1.68. The summed E-state index contributed by atoms with van der Waals surface area (Å²) in [5.74, 6) is -0.273. The molecule has 0 saturated carbocycles. The van der Waals surface area contributed by atoms with Crippen LogP contribution in [0.2, 0.25) is 0 Å². The van der Waals surface area contributed by atoms with E-state index < -0.39 is 6.04 Å². The number of ketones is 1. The molecule has 1 amide bonds. The van der Waals surface area contributed by atoms with Crippen LogP contribution in [0.5, 0.6) is 0 Å². The standard InChI is InChI=1S/C13H15NO3/c1-8(9(2)15)14-13(16)10-3-4-11-6-17-7-12(11)5-10/h3-5,8H,6-7H2,1-2H3,(H,14,16). The van der Waals surface area contributed by atoms with Crippen LogP contribution in [-0.2, 0) is 22.7 Å². The van der Waals surface area contributed by atoms with Gasteiger partial charge in [-0.15, -0.1) is 0 Å². The maximum absolute atomic E-state index is 11.9. The number of nitrogens with one attached hydrogen (secondary N) is 1. The van der Waals surface area contributed by atoms with Gasteiger partial charge in [0.05, 0.1) is 19.3 Å². The fourth-order valence-electron chi connectivity index (χ4n) is 1.69. The van der Waals surface area contributed by atoms with Gasteiger partial charge in [0.25, 0.3) is 5.91 Å². The lowest BCUT2D eigenvalue weighted by atomic mass is 10.1. The van der Waals surface area contributed by atoms with Crippen molar-refractivity contribution in [3.05, 3.63) is 34.9 Å². The Labute approximate surface area is 100.0 Å². The molecule has 4 nitrogen and oxygen atoms in total. The van der Waals surface area contributed by atoms with Crippen LogP contribution in [0.25, 0.3) is 0 Å². The smallest absolute Gasteiger partial charge is 0.251 e. The fourth-order valence-corrected chi connectivity index (χ4v) is 1.69. The Morgan fingerprint density at radius 1 is 1.29 bits per heavy atom. The minimum absolute atomic E-state index is 0.0529. The zero-order chi connectivity index (χ0) is 12.4. The predicted octanol–water partition coefficient (Wildman–Crippen LogP) is 1.42. The number of hydrogen-bond acceptors (Lipinski definition) is 3. The lowest BCUT2D eigenvalue weighted by Crippen LogP contribution is -2.37. The predicted molar refractivity (Wildman–Crippen MR) is 62.5 cm³/mol. The summed E-state index contributed by atoms with van der Waals surface area (Å²) < 4.78 is 5.28. The molecule has 1 aromatic rings. The highest BCUT2D eigenvalue weighted by molar-refractivity contribution is 5.97. The average Bonchev–Trinajstić information content (AvgIpc) is 2.75. The van der Waals surface area contributed by atoms with E-state index in [1.54, 1.807) is 13.0 Å². The van der Waals surface area contributed by atoms with Gasteiger partial charge in [0.1, 0.15) is 0 Å². The Kier molecular flexibility index (Phi) is 3.24. The number of carbonyl (C=O) groups excluding carboxylic acids is 2. The molecule has 0 radical (unpaired) electrons. The Balaban J connectivity index is 2.12. The van der Waals surface area contributed by atoms with Crippen LogP contribution in [0.1, 0.15) is 35.3 Å². The summed E-state index contributed by atoms with van der Waals surface area (Å²) in [6, 6.07) is 5.03. The van der Waals surface area contributed by atoms with E-state index in [0.717, 1.165) is 11.1 Å². The minimum atomic E-state index is -0.452. The van der Waals surface area contributed by atoms with Crippen LogP contribution in [-0.4, -0.2) is 17.7 Å². The molecule has 0 fully saturated rings. The van der Waals surface area contributed by atoms with Crippen LogP contribution in [0.4, 0.5) is 0 Å². The van der Waals surface area contributed by atoms with Crippen molar-refractivity contribution >= 4 is 11.7 Å². The molecule has 1 unspecified atom stereocenters. The summed E-state index contributed by atoms with van der Waals surface area (Å²) in [6.45, 7) is 4.30. The third-order valence-electron chi connectivity index (χ3n) is 2.94. The molecule has 0 aromatic heterocycles. The first-order valence-electron chi connectivity index (χ1n) is 5.59. The normalized spacial score (nSPS) is 15.2. The fraction of sp³-hybridized carbons (Fsp3) is 0.385. The quantitative estimate of drug-likeness (QED) is 0.859. The first kappa shape index (κ1) is 11.8. The first-order valence-corrected chi connectivity index (χ1v) is 5.59. The number of amides is 1. The second-order valence-corrected chi connectivity index (χ2v) is 4.28. The van der Waals surface area contributed by atoms with Crippen molar-refractivity contribution in [2.24, 2.45) is 0 Å². The molecule has 1 aliphatic heterocycles. The van der Waals surface area contributed by atoms with E-state index in [-0.39, 0.29) is 11.7 Å². The van der Waals surface area contributed by atoms with E-state index in [9.17, 15) is 9.59 Å². The number of Topliss-reactive ketones (excluding diaryl/α,β-unsaturated/α-hetero) is 1. The number of carbonyl (C=O) groups is 2. The largest absolute Gasteiger partial charge is 0.372 e. The zero-order valence-corrected chi connectivity index (χ0v) is 9.95. The topological polar surface area (TPSA) is 55.4 Å². The lowest BCUT2D eigenvalue weighted by molar-refractivity contribution is -0.118. The summed E-state index contributed by atoms with van der Waals surface area (Å²) >= 11 is 0. The van der Waals surface area contributed by atoms with Gasteiger partial charge in [-0.25, -0.2) is 0 Å². The number of fused-ring (bicyclic) bond motifs is 1. The van der Waals surface area contributed by atoms with Crippen molar-refractivity contribution in [2.45, 2.75) is 33.1 Å². The van der Waals surface area contributed by atoms with Crippen LogP contribution in [0.15, 0.2) is 18.2 Å². The monoisotopic (exact) mass is 233 g/mol. The number of benzene rings is 1. The summed E-state index contributed by atoms with van der Waals surface area (Å²) in [6.07, 6.45) is 0. The van der Waals surface area contributed by atoms with Crippen LogP contribution < -0.4 is 5.32 Å². The molecule has 1 atom stereocenters. The van der Waals surface area contributed by atoms with E-state index >= 15 is 0 Å². The highest BCUT2D eigenvalue weighted by Crippen LogP contribution is 2.20. The molecule has 17 heavy (non-hydrogen) atoms. The van der Waals surface area contributed by atoms with E-state index in [0.29, 0.717) is 18.8 Å². The Morgan fingerprint density at radius 3 is 2.71 bits per heavy atom. The third kappa shape index (κ3) is 2.53. The van der Waals surface area contributed by atoms with E-state index in [1.807, 2.05) is 12.1 Å². The van der Waals surface area contributed by atoms with Gasteiger partial charge in [-0.1, -0.05) is 6.07 Å². The molecular weight excluding hydrogens is 218 g/mol. The molecule has 4 heteroatoms. The first-order chi connectivity index (χ1) is 8.08. The van der Waals surface area contributed by atoms with Gasteiger partial charge in [0, 0.05) is 5.56 Å². The Bertz CT molecular complexity index is 468. The Morgan fingerprint density at radius 2 is 2.00 bits per heavy atom. The maximum atomic E-state index is 11.9. The number of hydrogen-bond donors (Lipinski definition) is 1. The summed E-state index contributed by atoms with van der Waals surface area (Å²) in [5, 5.41) is 2.66. The van der Waals surface area contributed by atoms with Gasteiger partial charge in [-0.2, -0.15) is 0 Å². The van der Waals surface area contributed by atoms with Crippen molar-refractivity contribution in [3.63, 3.8) is 0 Å². The van der Waals surface area contributed by atoms with Gasteiger partial charge in [-0.05, 0) is 37.1 Å². The van der Waals surface area contributed by atoms with Gasteiger partial charge in [0.2, 0.25) is 0 Å². The van der Waals surface area contributed by atoms with Crippen molar-refractivity contribution in [1.29, 1.82) is 0 Å². The molecular formula is C13H15NO3. The van der Waals surface area contributed by atoms with Crippen molar-refractivity contribution in [3.8, 4) is 0 Å². The SMILES string of the molecule is CC(=O)C(C)NC(=O)c1ccc2c(c1)COC2. The lowest BCUT2D eigenvalue weighted by Gasteiger charge is -2.11. The van der Waals surface area contributed by atoms with Crippen LogP contribution in [0, 0.1) is 0 Å². The van der Waals surface area contributed by atoms with E-state index in [2.05, 4.69) is 5.32 Å². The molecule has 0 saturated heterocycles. The van der Waals surface area contributed by atoms with Gasteiger partial charge >= 0.3 is 0 Å². The summed E-state index contributed by atoms with van der Waals surface area (Å²) in [4.78, 5) is 22.9. The van der Waals surface area contributed by atoms with Crippen molar-refractivity contribution in [1.82, 2.24) is 5.32 Å². The molecule has 90 valence electrons. The van der Waals surface area contributed by atoms with Crippen LogP contribution in [0.3, 0.4) is 0 Å². The van der Waals surface area contributed by atoms with E-state index in [1.165, 1.54) is 6.92 Å². The highest BCUT2D eigenvalue weighted by Gasteiger charge is 2.16. The van der Waals surface area contributed by atoms with Gasteiger partial charge in [0.15, 0.2) is 5.78 Å². The van der Waals surface area contributed by atoms with Gasteiger partial charge < -0.3 is 10.1 Å². The van der Waals surface area contributed by atoms with Crippen molar-refractivity contribution < 1.29 is 14.3 Å². The molecule has 1 heterocycles. The average molecular weight is 233 g/mol. The summed E-state index contributed by atoms with van der Waals surface area (Å²) in [7, 11) is 0. The molecule has 1 aliphatic rings. The third-order valence-corrected chi connectivity index (χ3v) is 2.94. The van der Waals surface area contributed by atoms with Gasteiger partial charge in [-0.3, -0.25) is 9.59 Å². The second-order valence-electron chi connectivity index (χ2n) is 4.28. The molecule has 0 aliphatic carbocycles. The molecule has 2 rings (SSSR count). The van der Waals surface area contributed by atoms with E-state index in [4.69, 9.17) is 4.74 Å². The highest BCUT2D eigenvalue weighted by atomic mass is 16.5. The summed E-state index contributed by atoms with van der Waals surface area (Å²) in [5.41, 5.74) is 2.75. The second kappa shape index (κ2) is 4.67. The molecule has 1 aromatic carbocycles. The number of rotatable bonds is 3. The minimum Gasteiger partial charge on any atom is -0.372 e. The van der Waals surface area contributed by atoms with Crippen LogP contribution >= 0.6 is 0 Å². The maximum Gasteiger partial charge on any atom is 0.251 e. The molecule has 0 spiro atoms. The zero-order valence-electron chi connectivity index (χ0n) is 9.95. The number of ether oxygens (including phenoxy) is 1. The molecule has 1 N–H and O–H groups in total. The molecule has 0 bridgehead atoms. The van der Waals surface area contributed by atoms with Crippen molar-refractivity contribution in [2.75, 3.05) is 0 Å².